The summed E-state index contributed by atoms with van der Waals surface area (Å²) in [5.74, 6) is 0. The van der Waals surface area contributed by atoms with E-state index in [2.05, 4.69) is 0 Å². The Morgan fingerprint density at radius 1 is 0.271 bits per heavy atom. The molecule has 0 amide bonds. The van der Waals surface area contributed by atoms with Gasteiger partial charge in [0.05, 0.1) is 0 Å². The molecule has 0 fully saturated rings. The monoisotopic (exact) mass is 1090 g/mol. The number of phosphoric acid groups is 6. The van der Waals surface area contributed by atoms with Crippen molar-refractivity contribution in [3.63, 3.8) is 0 Å². The molecule has 0 aromatic rings. The van der Waals surface area contributed by atoms with Gasteiger partial charge in [0.15, 0.2) is 0 Å². The molecule has 0 rings (SSSR count). The quantitative estimate of drug-likeness (QED) is 0.168. The summed E-state index contributed by atoms with van der Waals surface area (Å²) in [5, 5.41) is 30.6. The van der Waals surface area contributed by atoms with Gasteiger partial charge in [0.1, 0.15) is 0 Å². The van der Waals surface area contributed by atoms with Crippen LogP contribution < -0.4 is 98.3 Å². The third kappa shape index (κ3) is 1340. The van der Waals surface area contributed by atoms with Crippen molar-refractivity contribution in [1.82, 2.24) is 0 Å². The molecule has 0 unspecified atom stereocenters. The van der Waals surface area contributed by atoms with Crippen LogP contribution in [0.3, 0.4) is 0 Å². The van der Waals surface area contributed by atoms with Crippen molar-refractivity contribution in [3.05, 3.63) is 0 Å². The van der Waals surface area contributed by atoms with E-state index < -0.39 is 59.2 Å². The van der Waals surface area contributed by atoms with E-state index in [9.17, 15) is 0 Å². The van der Waals surface area contributed by atoms with Gasteiger partial charge in [-0.05, 0) is 0 Å². The molecule has 46 heteroatoms. The third-order valence-electron chi connectivity index (χ3n) is 0. The predicted molar refractivity (Wildman–Crippen MR) is 119 cm³/mol. The molecule has 0 bridgehead atoms. The van der Waals surface area contributed by atoms with Crippen molar-refractivity contribution in [3.8, 4) is 0 Å². The minimum atomic E-state index is -5.39. The maximum absolute atomic E-state index is 8.55. The van der Waals surface area contributed by atoms with Crippen molar-refractivity contribution in [1.29, 1.82) is 0 Å². The van der Waals surface area contributed by atoms with Crippen molar-refractivity contribution in [2.75, 3.05) is 0 Å². The van der Waals surface area contributed by atoms with Gasteiger partial charge in [-0.25, -0.2) is 0 Å². The standard InChI is InChI=1S/2CH2O3.10Ca.6H3O4P/c2*2-1(3)4;;;;;;;;;;;6*1-5(2,3)4/h2*(H2,2,3,4);;;;;;;;;;;6*(H3,1,2,3,4)/q;;10*+2;;;;;;/p-20. The largest absolute Gasteiger partial charge is 2.00 e. The van der Waals surface area contributed by atoms with Crippen LogP contribution in [0.15, 0.2) is 0 Å². The molecule has 30 nitrogen and oxygen atoms in total. The Morgan fingerprint density at radius 2 is 0.271 bits per heavy atom. The number of hydrogen-bond acceptors (Lipinski definition) is 28. The molecule has 0 spiro atoms. The average Bonchev–Trinajstić information content (AvgIpc) is 2.20. The zero-order valence-corrected chi connectivity index (χ0v) is 50.5. The first-order chi connectivity index (χ1) is 15.5. The van der Waals surface area contributed by atoms with Gasteiger partial charge < -0.3 is 145 Å². The van der Waals surface area contributed by atoms with Crippen LogP contribution in [0.2, 0.25) is 0 Å². The Balaban J connectivity index is -0.0000000130. The van der Waals surface area contributed by atoms with E-state index in [4.69, 9.17) is 145 Å². The fraction of sp³-hybridized carbons (Fsp3) is 0. The van der Waals surface area contributed by atoms with Crippen LogP contribution in [0.25, 0.3) is 0 Å². The summed E-state index contributed by atoms with van der Waals surface area (Å²) >= 11 is 0. The molecule has 2 N–H and O–H groups in total. The maximum Gasteiger partial charge on any atom is 2.00 e. The number of hydrogen-bond donors (Lipinski definition) is 2. The first-order valence-corrected chi connectivity index (χ1v) is 14.4. The first kappa shape index (κ1) is 118. The normalized spacial score (nSPS) is 8.38. The Bertz CT molecular complexity index is 654. The zero-order chi connectivity index (χ0) is 34.2. The molecule has 0 saturated heterocycles. The van der Waals surface area contributed by atoms with Crippen LogP contribution in [0, 0.1) is 0 Å². The Kier molecular flexibility index (Phi) is 167. The first-order valence-electron chi connectivity index (χ1n) is 5.65. The minimum Gasteiger partial charge on any atom is -0.822 e. The van der Waals surface area contributed by atoms with Crippen molar-refractivity contribution < 1.29 is 145 Å². The summed E-state index contributed by atoms with van der Waals surface area (Å²) in [6, 6.07) is 0. The Morgan fingerprint density at radius 3 is 0.271 bits per heavy atom. The van der Waals surface area contributed by atoms with Gasteiger partial charge in [-0.15, -0.1) is 0 Å². The summed E-state index contributed by atoms with van der Waals surface area (Å²) in [5.41, 5.74) is 0. The molecule has 48 heavy (non-hydrogen) atoms. The second-order valence-corrected chi connectivity index (χ2v) is 8.58. The maximum atomic E-state index is 8.55. The van der Waals surface area contributed by atoms with E-state index in [1.165, 1.54) is 0 Å². The van der Waals surface area contributed by atoms with E-state index in [1.807, 2.05) is 0 Å². The van der Waals surface area contributed by atoms with Crippen LogP contribution in [-0.4, -0.2) is 400 Å². The topological polar surface area (TPSA) is 638 Å². The summed E-state index contributed by atoms with van der Waals surface area (Å²) in [6.45, 7) is 0. The van der Waals surface area contributed by atoms with Gasteiger partial charge >= 0.3 is 377 Å². The molecule has 0 aromatic carbocycles. The zero-order valence-electron chi connectivity index (χ0n) is 23.1. The van der Waals surface area contributed by atoms with E-state index in [-0.39, 0.29) is 377 Å². The smallest absolute Gasteiger partial charge is 0.822 e. The van der Waals surface area contributed by atoms with Crippen LogP contribution >= 0.6 is 46.9 Å². The third-order valence-corrected chi connectivity index (χ3v) is 0. The Labute approximate surface area is 566 Å². The van der Waals surface area contributed by atoms with Crippen LogP contribution in [0.5, 0.6) is 0 Å². The summed E-state index contributed by atoms with van der Waals surface area (Å²) in [4.78, 5) is 171. The van der Waals surface area contributed by atoms with Gasteiger partial charge in [0.25, 0.3) is 0 Å². The summed E-state index contributed by atoms with van der Waals surface area (Å²) in [6.07, 6.45) is -4.17. The molecule has 0 aromatic heterocycles. The van der Waals surface area contributed by atoms with Crippen molar-refractivity contribution in [2.24, 2.45) is 0 Å². The van der Waals surface area contributed by atoms with Gasteiger partial charge in [0, 0.05) is 0 Å². The average molecular weight is 1090 g/mol. The molecule has 0 aliphatic carbocycles. The van der Waals surface area contributed by atoms with Crippen LogP contribution in [0.1, 0.15) is 0 Å². The van der Waals surface area contributed by atoms with E-state index >= 15 is 0 Å². The molecule has 0 aliphatic heterocycles. The van der Waals surface area contributed by atoms with Gasteiger partial charge in [-0.1, -0.05) is 0 Å². The molecule has 0 radical (unpaired) electrons. The van der Waals surface area contributed by atoms with Crippen LogP contribution in [0.4, 0.5) is 9.59 Å². The van der Waals surface area contributed by atoms with Gasteiger partial charge in [-0.2, -0.15) is 46.9 Å². The van der Waals surface area contributed by atoms with E-state index in [0.717, 1.165) is 0 Å². The predicted octanol–water partition coefficient (Wildman–Crippen LogP) is -23.0. The SMILES string of the molecule is O=C([O-])O.O=C([O-])O.O=P([O-])([O-])[O-].O=P([O-])([O-])[O-].O=P([O-])([O-])[O-].O=P([O-])([O-])[O-].O=P([O-])([O-])[O-].O=P([O-])([O-])[O-].[Ca+2].[Ca+2].[Ca+2].[Ca+2].[Ca+2].[Ca+2].[Ca+2].[Ca+2].[Ca+2].[Ca+2]. The van der Waals surface area contributed by atoms with Gasteiger partial charge in [-0.3, -0.25) is 0 Å². The van der Waals surface area contributed by atoms with E-state index in [1.54, 1.807) is 0 Å². The summed E-state index contributed by atoms with van der Waals surface area (Å²) in [7, 11) is -32.3. The fourth-order valence-corrected chi connectivity index (χ4v) is 0. The summed E-state index contributed by atoms with van der Waals surface area (Å²) < 4.78 is 51.3. The number of carboxylic acid groups (broad SMARTS) is 4. The molecule has 240 valence electrons. The molecular weight excluding hydrogens is 1090 g/mol. The Hall–Kier alpha value is 11.8. The number of rotatable bonds is 0. The molecular formula is C2H2Ca10O30P6. The fourth-order valence-electron chi connectivity index (χ4n) is 0. The molecule has 0 aliphatic rings. The van der Waals surface area contributed by atoms with E-state index in [0.29, 0.717) is 0 Å². The van der Waals surface area contributed by atoms with Crippen LogP contribution in [-0.2, 0) is 27.4 Å². The minimum absolute atomic E-state index is 0. The second kappa shape index (κ2) is 67.9. The number of carbonyl (C=O) groups is 2. The molecule has 0 saturated carbocycles. The molecule has 0 heterocycles. The van der Waals surface area contributed by atoms with Crippen molar-refractivity contribution in [2.45, 2.75) is 0 Å². The van der Waals surface area contributed by atoms with Crippen molar-refractivity contribution >= 4 is 437 Å². The second-order valence-electron chi connectivity index (χ2n) is 3.22. The molecule has 0 atom stereocenters. The van der Waals surface area contributed by atoms with Gasteiger partial charge in [0.2, 0.25) is 12.3 Å².